The van der Waals surface area contributed by atoms with Gasteiger partial charge >= 0.3 is 5.97 Å². The van der Waals surface area contributed by atoms with Gasteiger partial charge in [-0.3, -0.25) is 4.79 Å². The average molecular weight is 193 g/mol. The monoisotopic (exact) mass is 193 g/mol. The van der Waals surface area contributed by atoms with Crippen molar-refractivity contribution in [3.8, 4) is 5.88 Å². The Bertz CT molecular complexity index is 309. The topological polar surface area (TPSA) is 65.0 Å². The first-order chi connectivity index (χ1) is 6.86. The van der Waals surface area contributed by atoms with Crippen molar-refractivity contribution in [1.29, 1.82) is 0 Å². The Morgan fingerprint density at radius 3 is 2.86 bits per heavy atom. The van der Waals surface area contributed by atoms with Crippen molar-refractivity contribution in [3.05, 3.63) is 12.3 Å². The third-order valence-corrected chi connectivity index (χ3v) is 2.37. The van der Waals surface area contributed by atoms with E-state index >= 15 is 0 Å². The van der Waals surface area contributed by atoms with Crippen LogP contribution in [0.5, 0.6) is 5.88 Å². The number of nitrogens with zero attached hydrogens (tertiary/aromatic N) is 3. The molecule has 0 aromatic carbocycles. The van der Waals surface area contributed by atoms with E-state index in [1.54, 1.807) is 0 Å². The summed E-state index contributed by atoms with van der Waals surface area (Å²) in [4.78, 5) is 11.5. The fraction of sp³-hybridized carbons (Fsp3) is 0.556. The van der Waals surface area contributed by atoms with E-state index in [4.69, 9.17) is 4.74 Å². The summed E-state index contributed by atoms with van der Waals surface area (Å²) < 4.78 is 5.05. The van der Waals surface area contributed by atoms with Crippen molar-refractivity contribution in [3.63, 3.8) is 0 Å². The van der Waals surface area contributed by atoms with Gasteiger partial charge in [-0.05, 0) is 18.1 Å². The highest BCUT2D eigenvalue weighted by molar-refractivity contribution is 5.74. The Labute approximate surface area is 81.5 Å². The molecule has 0 radical (unpaired) electrons. The molecule has 1 aliphatic rings. The van der Waals surface area contributed by atoms with Gasteiger partial charge in [0.15, 0.2) is 0 Å². The number of carbonyl (C=O) groups excluding carboxylic acids is 1. The molecule has 1 fully saturated rings. The maximum absolute atomic E-state index is 11.5. The van der Waals surface area contributed by atoms with Crippen LogP contribution in [0.1, 0.15) is 25.7 Å². The molecule has 0 unspecified atom stereocenters. The van der Waals surface area contributed by atoms with Crippen LogP contribution in [0, 0.1) is 5.92 Å². The fourth-order valence-corrected chi connectivity index (χ4v) is 1.63. The second-order valence-electron chi connectivity index (χ2n) is 3.36. The van der Waals surface area contributed by atoms with E-state index in [0.29, 0.717) is 0 Å². The Morgan fingerprint density at radius 2 is 2.21 bits per heavy atom. The molecule has 5 heteroatoms. The predicted octanol–water partition coefficient (Wildman–Crippen LogP) is 0.967. The zero-order valence-electron chi connectivity index (χ0n) is 7.72. The van der Waals surface area contributed by atoms with Gasteiger partial charge in [-0.2, -0.15) is 0 Å². The normalized spacial score (nSPS) is 16.9. The van der Waals surface area contributed by atoms with E-state index in [9.17, 15) is 4.79 Å². The summed E-state index contributed by atoms with van der Waals surface area (Å²) in [5.74, 6) is 0.0878. The number of hydrogen-bond acceptors (Lipinski definition) is 5. The lowest BCUT2D eigenvalue weighted by Gasteiger charge is -2.06. The fourth-order valence-electron chi connectivity index (χ4n) is 1.63. The van der Waals surface area contributed by atoms with Gasteiger partial charge in [0.05, 0.1) is 12.1 Å². The molecule has 74 valence electrons. The van der Waals surface area contributed by atoms with Crippen molar-refractivity contribution < 1.29 is 9.53 Å². The van der Waals surface area contributed by atoms with E-state index in [2.05, 4.69) is 15.4 Å². The maximum Gasteiger partial charge on any atom is 0.315 e. The number of hydrogen-bond donors (Lipinski definition) is 0. The predicted molar refractivity (Wildman–Crippen MR) is 47.4 cm³/mol. The van der Waals surface area contributed by atoms with Crippen molar-refractivity contribution >= 4 is 5.97 Å². The SMILES string of the molecule is O=C(Oc1ccnnn1)C1CCCC1. The highest BCUT2D eigenvalue weighted by atomic mass is 16.5. The molecular weight excluding hydrogens is 182 g/mol. The summed E-state index contributed by atoms with van der Waals surface area (Å²) in [6.45, 7) is 0. The Morgan fingerprint density at radius 1 is 1.43 bits per heavy atom. The molecule has 1 aromatic rings. The number of ether oxygens (including phenoxy) is 1. The van der Waals surface area contributed by atoms with Crippen LogP contribution >= 0.6 is 0 Å². The van der Waals surface area contributed by atoms with Gasteiger partial charge in [0.1, 0.15) is 0 Å². The second-order valence-corrected chi connectivity index (χ2v) is 3.36. The Hall–Kier alpha value is -1.52. The lowest BCUT2D eigenvalue weighted by Crippen LogP contribution is -2.18. The van der Waals surface area contributed by atoms with Crippen LogP contribution in [0.4, 0.5) is 0 Å². The Balaban J connectivity index is 1.94. The van der Waals surface area contributed by atoms with Crippen molar-refractivity contribution in [1.82, 2.24) is 15.4 Å². The molecule has 0 N–H and O–H groups in total. The Kier molecular flexibility index (Phi) is 2.67. The third kappa shape index (κ3) is 2.04. The van der Waals surface area contributed by atoms with Crippen LogP contribution in [-0.2, 0) is 4.79 Å². The summed E-state index contributed by atoms with van der Waals surface area (Å²) >= 11 is 0. The van der Waals surface area contributed by atoms with E-state index in [0.717, 1.165) is 25.7 Å². The lowest BCUT2D eigenvalue weighted by molar-refractivity contribution is -0.139. The van der Waals surface area contributed by atoms with Crippen molar-refractivity contribution in [2.24, 2.45) is 5.92 Å². The van der Waals surface area contributed by atoms with Crippen LogP contribution in [0.3, 0.4) is 0 Å². The van der Waals surface area contributed by atoms with Crippen molar-refractivity contribution in [2.75, 3.05) is 0 Å². The highest BCUT2D eigenvalue weighted by Gasteiger charge is 2.24. The third-order valence-electron chi connectivity index (χ3n) is 2.37. The smallest absolute Gasteiger partial charge is 0.315 e. The molecule has 2 rings (SSSR count). The lowest BCUT2D eigenvalue weighted by atomic mass is 10.1. The summed E-state index contributed by atoms with van der Waals surface area (Å²) in [7, 11) is 0. The molecule has 1 aromatic heterocycles. The average Bonchev–Trinajstić information content (AvgIpc) is 2.72. The molecule has 0 aliphatic heterocycles. The number of rotatable bonds is 2. The summed E-state index contributed by atoms with van der Waals surface area (Å²) in [6, 6.07) is 1.53. The second kappa shape index (κ2) is 4.13. The molecule has 14 heavy (non-hydrogen) atoms. The van der Waals surface area contributed by atoms with Gasteiger partial charge in [0.2, 0.25) is 5.88 Å². The largest absolute Gasteiger partial charge is 0.405 e. The number of esters is 1. The summed E-state index contributed by atoms with van der Waals surface area (Å²) in [6.07, 6.45) is 5.53. The minimum absolute atomic E-state index is 0.0463. The van der Waals surface area contributed by atoms with E-state index < -0.39 is 0 Å². The van der Waals surface area contributed by atoms with Gasteiger partial charge in [0, 0.05) is 6.07 Å². The molecule has 0 amide bonds. The van der Waals surface area contributed by atoms with Gasteiger partial charge < -0.3 is 4.74 Å². The first-order valence-electron chi connectivity index (χ1n) is 4.72. The minimum atomic E-state index is -0.192. The molecule has 1 heterocycles. The van der Waals surface area contributed by atoms with Crippen LogP contribution in [0.25, 0.3) is 0 Å². The van der Waals surface area contributed by atoms with Crippen LogP contribution < -0.4 is 4.74 Å². The highest BCUT2D eigenvalue weighted by Crippen LogP contribution is 2.25. The quantitative estimate of drug-likeness (QED) is 0.655. The standard InChI is InChI=1S/C9H11N3O2/c13-9(7-3-1-2-4-7)14-8-5-6-10-12-11-8/h5-7H,1-4H2. The first kappa shape index (κ1) is 9.05. The van der Waals surface area contributed by atoms with E-state index in [-0.39, 0.29) is 17.8 Å². The molecule has 0 bridgehead atoms. The molecular formula is C9H11N3O2. The van der Waals surface area contributed by atoms with Crippen LogP contribution in [0.2, 0.25) is 0 Å². The van der Waals surface area contributed by atoms with Crippen LogP contribution in [-0.4, -0.2) is 21.4 Å². The molecule has 1 aliphatic carbocycles. The minimum Gasteiger partial charge on any atom is -0.405 e. The van der Waals surface area contributed by atoms with Gasteiger partial charge in [-0.25, -0.2) is 0 Å². The van der Waals surface area contributed by atoms with Gasteiger partial charge in [0.25, 0.3) is 0 Å². The molecule has 0 saturated heterocycles. The van der Waals surface area contributed by atoms with Crippen molar-refractivity contribution in [2.45, 2.75) is 25.7 Å². The first-order valence-corrected chi connectivity index (χ1v) is 4.72. The van der Waals surface area contributed by atoms with Gasteiger partial charge in [-0.15, -0.1) is 5.10 Å². The molecule has 0 spiro atoms. The van der Waals surface area contributed by atoms with E-state index in [1.165, 1.54) is 12.3 Å². The summed E-state index contributed by atoms with van der Waals surface area (Å²) in [5, 5.41) is 10.5. The summed E-state index contributed by atoms with van der Waals surface area (Å²) in [5.41, 5.74) is 0. The maximum atomic E-state index is 11.5. The van der Waals surface area contributed by atoms with Gasteiger partial charge in [-0.1, -0.05) is 17.9 Å². The number of aromatic nitrogens is 3. The van der Waals surface area contributed by atoms with E-state index in [1.807, 2.05) is 0 Å². The zero-order chi connectivity index (χ0) is 9.80. The molecule has 1 saturated carbocycles. The van der Waals surface area contributed by atoms with Crippen LogP contribution in [0.15, 0.2) is 12.3 Å². The zero-order valence-corrected chi connectivity index (χ0v) is 7.72. The molecule has 5 nitrogen and oxygen atoms in total. The molecule has 0 atom stereocenters. The number of carbonyl (C=O) groups is 1.